The molecule has 8 heteroatoms. The van der Waals surface area contributed by atoms with Crippen LogP contribution in [0.15, 0.2) is 53.7 Å². The zero-order valence-corrected chi connectivity index (χ0v) is 18.7. The van der Waals surface area contributed by atoms with Gasteiger partial charge in [-0.05, 0) is 49.6 Å². The van der Waals surface area contributed by atoms with Gasteiger partial charge in [0.05, 0.1) is 6.54 Å². The fraction of sp³-hybridized carbons (Fsp3) is 0.458. The van der Waals surface area contributed by atoms with Crippen LogP contribution < -0.4 is 15.5 Å². The number of carbonyl (C=O) groups is 1. The van der Waals surface area contributed by atoms with Crippen molar-refractivity contribution in [2.45, 2.75) is 32.4 Å². The van der Waals surface area contributed by atoms with Crippen LogP contribution in [0.5, 0.6) is 0 Å². The topological polar surface area (TPSA) is 82.1 Å². The van der Waals surface area contributed by atoms with Crippen molar-refractivity contribution in [3.63, 3.8) is 0 Å². The lowest BCUT2D eigenvalue weighted by Crippen LogP contribution is -2.52. The van der Waals surface area contributed by atoms with Gasteiger partial charge in [0.2, 0.25) is 0 Å². The average molecular weight is 437 g/mol. The number of carbonyl (C=O) groups excluding carboxylic acids is 1. The van der Waals surface area contributed by atoms with E-state index < -0.39 is 0 Å². The molecule has 2 N–H and O–H groups in total. The summed E-state index contributed by atoms with van der Waals surface area (Å²) in [6, 6.07) is 13.9. The van der Waals surface area contributed by atoms with Crippen molar-refractivity contribution in [3.8, 4) is 0 Å². The molecule has 1 atom stereocenters. The smallest absolute Gasteiger partial charge is 0.253 e. The van der Waals surface area contributed by atoms with Crippen molar-refractivity contribution in [2.24, 2.45) is 4.99 Å². The molecule has 2 fully saturated rings. The molecule has 2 saturated heterocycles. The number of aromatic nitrogens is 1. The van der Waals surface area contributed by atoms with Crippen LogP contribution in [0.3, 0.4) is 0 Å². The van der Waals surface area contributed by atoms with Gasteiger partial charge >= 0.3 is 0 Å². The van der Waals surface area contributed by atoms with Crippen molar-refractivity contribution in [1.82, 2.24) is 15.2 Å². The summed E-state index contributed by atoms with van der Waals surface area (Å²) >= 11 is 0. The predicted molar refractivity (Wildman–Crippen MR) is 127 cm³/mol. The van der Waals surface area contributed by atoms with E-state index in [1.807, 2.05) is 42.6 Å². The number of hydrogen-bond donors (Lipinski definition) is 2. The largest absolute Gasteiger partial charge is 0.368 e. The highest BCUT2D eigenvalue weighted by molar-refractivity contribution is 5.94. The van der Waals surface area contributed by atoms with Crippen molar-refractivity contribution in [3.05, 3.63) is 54.2 Å². The first-order valence-electron chi connectivity index (χ1n) is 11.4. The number of nitrogens with one attached hydrogen (secondary N) is 2. The van der Waals surface area contributed by atoms with Gasteiger partial charge < -0.3 is 25.2 Å². The second kappa shape index (κ2) is 10.9. The molecule has 0 bridgehead atoms. The van der Waals surface area contributed by atoms with E-state index in [0.717, 1.165) is 68.6 Å². The van der Waals surface area contributed by atoms with Gasteiger partial charge in [-0.2, -0.15) is 0 Å². The number of nitrogens with zero attached hydrogens (tertiary/aromatic N) is 4. The van der Waals surface area contributed by atoms with E-state index in [0.29, 0.717) is 13.2 Å². The standard InChI is InChI=1S/C24H32N6O2/c1-2-25-24(30-14-12-29(13-15-30)22-10-3-4-11-26-22)27-18-19-7-5-8-20(17-19)28-23(31)21-9-6-16-32-21/h3-5,7-8,10-11,17,21H,2,6,9,12-16,18H2,1H3,(H,25,27)(H,28,31). The molecule has 1 amide bonds. The second-order valence-corrected chi connectivity index (χ2v) is 8.02. The molecule has 0 aliphatic carbocycles. The molecule has 2 aromatic rings. The Morgan fingerprint density at radius 1 is 1.19 bits per heavy atom. The summed E-state index contributed by atoms with van der Waals surface area (Å²) in [5.41, 5.74) is 1.84. The molecule has 2 aliphatic rings. The third-order valence-electron chi connectivity index (χ3n) is 5.72. The van der Waals surface area contributed by atoms with E-state index in [2.05, 4.69) is 38.4 Å². The van der Waals surface area contributed by atoms with Gasteiger partial charge in [-0.15, -0.1) is 0 Å². The Labute approximate surface area is 189 Å². The van der Waals surface area contributed by atoms with Crippen molar-refractivity contribution in [2.75, 3.05) is 49.5 Å². The fourth-order valence-electron chi connectivity index (χ4n) is 4.03. The van der Waals surface area contributed by atoms with Gasteiger partial charge in [0, 0.05) is 51.2 Å². The quantitative estimate of drug-likeness (QED) is 0.535. The molecule has 32 heavy (non-hydrogen) atoms. The number of piperazine rings is 1. The summed E-state index contributed by atoms with van der Waals surface area (Å²) in [6.07, 6.45) is 3.23. The zero-order chi connectivity index (χ0) is 22.2. The minimum absolute atomic E-state index is 0.0673. The van der Waals surface area contributed by atoms with Gasteiger partial charge in [0.15, 0.2) is 5.96 Å². The van der Waals surface area contributed by atoms with E-state index >= 15 is 0 Å². The highest BCUT2D eigenvalue weighted by Gasteiger charge is 2.23. The lowest BCUT2D eigenvalue weighted by atomic mass is 10.2. The number of hydrogen-bond acceptors (Lipinski definition) is 5. The first-order valence-corrected chi connectivity index (χ1v) is 11.4. The summed E-state index contributed by atoms with van der Waals surface area (Å²) in [5, 5.41) is 6.39. The maximum absolute atomic E-state index is 12.3. The number of aliphatic imine (C=N–C) groups is 1. The molecule has 0 spiro atoms. The molecule has 0 radical (unpaired) electrons. The maximum Gasteiger partial charge on any atom is 0.253 e. The number of guanidine groups is 1. The van der Waals surface area contributed by atoms with E-state index in [1.54, 1.807) is 0 Å². The normalized spacial score (nSPS) is 19.2. The van der Waals surface area contributed by atoms with E-state index in [9.17, 15) is 4.79 Å². The number of amides is 1. The lowest BCUT2D eigenvalue weighted by molar-refractivity contribution is -0.124. The molecule has 4 rings (SSSR count). The van der Waals surface area contributed by atoms with Gasteiger partial charge in [0.25, 0.3) is 5.91 Å². The Morgan fingerprint density at radius 3 is 2.78 bits per heavy atom. The van der Waals surface area contributed by atoms with Crippen LogP contribution in [0.4, 0.5) is 11.5 Å². The molecule has 0 saturated carbocycles. The van der Waals surface area contributed by atoms with Crippen LogP contribution in [-0.4, -0.2) is 67.2 Å². The van der Waals surface area contributed by atoms with Crippen molar-refractivity contribution < 1.29 is 9.53 Å². The number of benzene rings is 1. The molecular formula is C24H32N6O2. The third kappa shape index (κ3) is 5.76. The van der Waals surface area contributed by atoms with Gasteiger partial charge in [-0.1, -0.05) is 18.2 Å². The predicted octanol–water partition coefficient (Wildman–Crippen LogP) is 2.49. The van der Waals surface area contributed by atoms with E-state index in [4.69, 9.17) is 9.73 Å². The minimum Gasteiger partial charge on any atom is -0.368 e. The minimum atomic E-state index is -0.332. The number of anilines is 2. The fourth-order valence-corrected chi connectivity index (χ4v) is 4.03. The maximum atomic E-state index is 12.3. The highest BCUT2D eigenvalue weighted by atomic mass is 16.5. The SMILES string of the molecule is CCNC(=NCc1cccc(NC(=O)C2CCCO2)c1)N1CCN(c2ccccn2)CC1. The van der Waals surface area contributed by atoms with Crippen LogP contribution in [0.25, 0.3) is 0 Å². The summed E-state index contributed by atoms with van der Waals surface area (Å²) in [7, 11) is 0. The highest BCUT2D eigenvalue weighted by Crippen LogP contribution is 2.17. The molecule has 170 valence electrons. The van der Waals surface area contributed by atoms with Crippen LogP contribution in [-0.2, 0) is 16.1 Å². The Morgan fingerprint density at radius 2 is 2.06 bits per heavy atom. The first-order chi connectivity index (χ1) is 15.7. The summed E-state index contributed by atoms with van der Waals surface area (Å²) in [6.45, 7) is 7.71. The Hall–Kier alpha value is -3.13. The van der Waals surface area contributed by atoms with Gasteiger partial charge in [-0.3, -0.25) is 4.79 Å². The molecule has 2 aliphatic heterocycles. The Balaban J connectivity index is 1.35. The third-order valence-corrected chi connectivity index (χ3v) is 5.72. The van der Waals surface area contributed by atoms with Crippen LogP contribution >= 0.6 is 0 Å². The summed E-state index contributed by atoms with van der Waals surface area (Å²) in [5.74, 6) is 1.88. The van der Waals surface area contributed by atoms with Crippen LogP contribution in [0.1, 0.15) is 25.3 Å². The second-order valence-electron chi connectivity index (χ2n) is 8.02. The molecule has 1 aromatic heterocycles. The Kier molecular flexibility index (Phi) is 7.55. The van der Waals surface area contributed by atoms with Crippen LogP contribution in [0, 0.1) is 0 Å². The molecule has 3 heterocycles. The van der Waals surface area contributed by atoms with Crippen molar-refractivity contribution >= 4 is 23.4 Å². The summed E-state index contributed by atoms with van der Waals surface area (Å²) in [4.78, 5) is 26.3. The van der Waals surface area contributed by atoms with Gasteiger partial charge in [-0.25, -0.2) is 9.98 Å². The number of pyridine rings is 1. The molecule has 1 unspecified atom stereocenters. The van der Waals surface area contributed by atoms with Gasteiger partial charge in [0.1, 0.15) is 11.9 Å². The number of rotatable bonds is 6. The number of ether oxygens (including phenoxy) is 1. The molecule has 1 aromatic carbocycles. The first kappa shape index (κ1) is 22.1. The molecular weight excluding hydrogens is 404 g/mol. The molecule has 8 nitrogen and oxygen atoms in total. The van der Waals surface area contributed by atoms with Crippen LogP contribution in [0.2, 0.25) is 0 Å². The summed E-state index contributed by atoms with van der Waals surface area (Å²) < 4.78 is 5.47. The van der Waals surface area contributed by atoms with E-state index in [-0.39, 0.29) is 12.0 Å². The lowest BCUT2D eigenvalue weighted by Gasteiger charge is -2.37. The zero-order valence-electron chi connectivity index (χ0n) is 18.7. The Bertz CT molecular complexity index is 906. The average Bonchev–Trinajstić information content (AvgIpc) is 3.38. The monoisotopic (exact) mass is 436 g/mol. The van der Waals surface area contributed by atoms with E-state index in [1.165, 1.54) is 0 Å². The van der Waals surface area contributed by atoms with Crippen molar-refractivity contribution in [1.29, 1.82) is 0 Å².